The molecule has 1 aromatic rings. The van der Waals surface area contributed by atoms with Gasteiger partial charge in [-0.15, -0.1) is 0 Å². The zero-order valence-electron chi connectivity index (χ0n) is 8.85. The van der Waals surface area contributed by atoms with Crippen molar-refractivity contribution >= 4 is 10.0 Å². The molecule has 7 heteroatoms. The first-order valence-corrected chi connectivity index (χ1v) is 6.77. The van der Waals surface area contributed by atoms with Crippen LogP contribution in [0.3, 0.4) is 0 Å². The van der Waals surface area contributed by atoms with Gasteiger partial charge in [-0.05, 0) is 12.8 Å². The summed E-state index contributed by atoms with van der Waals surface area (Å²) in [6.45, 7) is 1.26. The van der Waals surface area contributed by atoms with Gasteiger partial charge in [-0.1, -0.05) is 0 Å². The van der Waals surface area contributed by atoms with Gasteiger partial charge in [0.2, 0.25) is 10.0 Å². The Morgan fingerprint density at radius 2 is 2.25 bits per heavy atom. The normalized spacial score (nSPS) is 18.8. The molecule has 0 spiro atoms. The number of imidazole rings is 1. The van der Waals surface area contributed by atoms with E-state index >= 15 is 0 Å². The van der Waals surface area contributed by atoms with Crippen molar-refractivity contribution in [1.82, 2.24) is 14.7 Å². The maximum absolute atomic E-state index is 11.9. The van der Waals surface area contributed by atoms with Gasteiger partial charge < -0.3 is 9.72 Å². The first-order chi connectivity index (χ1) is 7.68. The number of hydrogen-bond donors (Lipinski definition) is 2. The first kappa shape index (κ1) is 11.6. The lowest BCUT2D eigenvalue weighted by Gasteiger charge is -2.22. The molecule has 2 rings (SSSR count). The van der Waals surface area contributed by atoms with Gasteiger partial charge in [0.05, 0.1) is 11.8 Å². The molecule has 1 fully saturated rings. The molecule has 0 aromatic carbocycles. The maximum atomic E-state index is 11.9. The largest absolute Gasteiger partial charge is 0.381 e. The number of sulfonamides is 1. The molecule has 90 valence electrons. The Balaban J connectivity index is 1.91. The van der Waals surface area contributed by atoms with Crippen LogP contribution >= 0.6 is 0 Å². The van der Waals surface area contributed by atoms with Crippen molar-refractivity contribution in [3.05, 3.63) is 18.2 Å². The lowest BCUT2D eigenvalue weighted by atomic mass is 10.2. The molecule has 1 aromatic heterocycles. The average Bonchev–Trinajstić information content (AvgIpc) is 2.81. The van der Waals surface area contributed by atoms with Gasteiger partial charge >= 0.3 is 0 Å². The van der Waals surface area contributed by atoms with Crippen LogP contribution < -0.4 is 4.72 Å². The van der Waals surface area contributed by atoms with E-state index in [4.69, 9.17) is 4.74 Å². The van der Waals surface area contributed by atoms with Crippen LogP contribution in [0, 0.1) is 0 Å². The first-order valence-electron chi connectivity index (χ1n) is 5.23. The molecule has 2 N–H and O–H groups in total. The van der Waals surface area contributed by atoms with Crippen molar-refractivity contribution in [2.75, 3.05) is 13.2 Å². The van der Waals surface area contributed by atoms with Crippen LogP contribution in [0.4, 0.5) is 0 Å². The van der Waals surface area contributed by atoms with Crippen molar-refractivity contribution < 1.29 is 13.2 Å². The van der Waals surface area contributed by atoms with Gasteiger partial charge in [0.1, 0.15) is 5.82 Å². The van der Waals surface area contributed by atoms with E-state index in [1.807, 2.05) is 0 Å². The third-order valence-corrected chi connectivity index (χ3v) is 4.50. The Bertz CT molecular complexity index is 409. The van der Waals surface area contributed by atoms with Crippen LogP contribution in [0.5, 0.6) is 0 Å². The molecule has 0 amide bonds. The minimum absolute atomic E-state index is 0.215. The molecule has 1 aliphatic heterocycles. The molecule has 0 aliphatic carbocycles. The molecule has 0 atom stereocenters. The number of hydrogen-bond acceptors (Lipinski definition) is 4. The van der Waals surface area contributed by atoms with Gasteiger partial charge in [-0.25, -0.2) is 18.1 Å². The monoisotopic (exact) mass is 245 g/mol. The van der Waals surface area contributed by atoms with Gasteiger partial charge in [0.25, 0.3) is 0 Å². The van der Waals surface area contributed by atoms with Crippen LogP contribution in [0.1, 0.15) is 18.7 Å². The summed E-state index contributed by atoms with van der Waals surface area (Å²) in [5.41, 5.74) is 0. The fraction of sp³-hybridized carbons (Fsp3) is 0.667. The van der Waals surface area contributed by atoms with Crippen LogP contribution in [0.2, 0.25) is 0 Å². The molecule has 1 aliphatic rings. The number of H-pyrrole nitrogens is 1. The predicted molar refractivity (Wildman–Crippen MR) is 58.2 cm³/mol. The highest BCUT2D eigenvalue weighted by Gasteiger charge is 2.27. The van der Waals surface area contributed by atoms with E-state index in [0.717, 1.165) is 0 Å². The number of nitrogens with zero attached hydrogens (tertiary/aromatic N) is 1. The zero-order valence-corrected chi connectivity index (χ0v) is 9.66. The average molecular weight is 245 g/mol. The second-order valence-corrected chi connectivity index (χ2v) is 5.76. The lowest BCUT2D eigenvalue weighted by molar-refractivity contribution is 0.0981. The van der Waals surface area contributed by atoms with E-state index in [1.165, 1.54) is 0 Å². The highest BCUT2D eigenvalue weighted by Crippen LogP contribution is 2.14. The van der Waals surface area contributed by atoms with E-state index in [2.05, 4.69) is 14.7 Å². The summed E-state index contributed by atoms with van der Waals surface area (Å²) in [7, 11) is -3.25. The van der Waals surface area contributed by atoms with Gasteiger partial charge in [-0.3, -0.25) is 0 Å². The summed E-state index contributed by atoms with van der Waals surface area (Å²) in [6, 6.07) is 0. The summed E-state index contributed by atoms with van der Waals surface area (Å²) in [5.74, 6) is 0.621. The molecular weight excluding hydrogens is 230 g/mol. The molecule has 0 saturated carbocycles. The number of ether oxygens (including phenoxy) is 1. The van der Waals surface area contributed by atoms with E-state index in [-0.39, 0.29) is 11.8 Å². The predicted octanol–water partition coefficient (Wildman–Crippen LogP) is 0.00810. The van der Waals surface area contributed by atoms with Crippen molar-refractivity contribution in [1.29, 1.82) is 0 Å². The molecule has 2 heterocycles. The maximum Gasteiger partial charge on any atom is 0.215 e. The fourth-order valence-corrected chi connectivity index (χ4v) is 3.05. The van der Waals surface area contributed by atoms with Crippen molar-refractivity contribution in [3.63, 3.8) is 0 Å². The minimum Gasteiger partial charge on any atom is -0.381 e. The van der Waals surface area contributed by atoms with Crippen molar-refractivity contribution in [2.24, 2.45) is 0 Å². The lowest BCUT2D eigenvalue weighted by Crippen LogP contribution is -2.37. The standard InChI is InChI=1S/C9H15N3O3S/c13-16(14,8-1-5-15-6-2-8)12-7-9-10-3-4-11-9/h3-4,8,12H,1-2,5-7H2,(H,10,11). The molecule has 1 saturated heterocycles. The summed E-state index contributed by atoms with van der Waals surface area (Å²) in [4.78, 5) is 6.81. The zero-order chi connectivity index (χ0) is 11.4. The van der Waals surface area contributed by atoms with Crippen LogP contribution in [0.15, 0.2) is 12.4 Å². The quantitative estimate of drug-likeness (QED) is 0.782. The van der Waals surface area contributed by atoms with E-state index < -0.39 is 10.0 Å². The smallest absolute Gasteiger partial charge is 0.215 e. The molecule has 0 radical (unpaired) electrons. The Hall–Kier alpha value is -0.920. The van der Waals surface area contributed by atoms with Gasteiger partial charge in [0.15, 0.2) is 0 Å². The third kappa shape index (κ3) is 2.81. The number of rotatable bonds is 4. The van der Waals surface area contributed by atoms with E-state index in [0.29, 0.717) is 31.9 Å². The van der Waals surface area contributed by atoms with Crippen molar-refractivity contribution in [2.45, 2.75) is 24.6 Å². The van der Waals surface area contributed by atoms with Gasteiger partial charge in [0, 0.05) is 25.6 Å². The number of aromatic nitrogens is 2. The van der Waals surface area contributed by atoms with Crippen LogP contribution in [-0.4, -0.2) is 36.8 Å². The summed E-state index contributed by atoms with van der Waals surface area (Å²) < 4.78 is 31.4. The molecular formula is C9H15N3O3S. The Morgan fingerprint density at radius 1 is 1.50 bits per heavy atom. The minimum atomic E-state index is -3.25. The third-order valence-electron chi connectivity index (χ3n) is 2.60. The van der Waals surface area contributed by atoms with E-state index in [1.54, 1.807) is 12.4 Å². The molecule has 0 bridgehead atoms. The summed E-state index contributed by atoms with van der Waals surface area (Å²) in [5, 5.41) is -0.337. The molecule has 6 nitrogen and oxygen atoms in total. The summed E-state index contributed by atoms with van der Waals surface area (Å²) >= 11 is 0. The topological polar surface area (TPSA) is 84.1 Å². The number of aromatic amines is 1. The van der Waals surface area contributed by atoms with Gasteiger partial charge in [-0.2, -0.15) is 0 Å². The summed E-state index contributed by atoms with van der Waals surface area (Å²) in [6.07, 6.45) is 4.39. The van der Waals surface area contributed by atoms with Crippen LogP contribution in [0.25, 0.3) is 0 Å². The van der Waals surface area contributed by atoms with E-state index in [9.17, 15) is 8.42 Å². The van der Waals surface area contributed by atoms with Crippen LogP contribution in [-0.2, 0) is 21.3 Å². The second kappa shape index (κ2) is 4.94. The van der Waals surface area contributed by atoms with Crippen molar-refractivity contribution in [3.8, 4) is 0 Å². The highest BCUT2D eigenvalue weighted by molar-refractivity contribution is 7.90. The fourth-order valence-electron chi connectivity index (χ4n) is 1.67. The SMILES string of the molecule is O=S(=O)(NCc1ncc[nH]1)C1CCOCC1. The molecule has 16 heavy (non-hydrogen) atoms. The Labute approximate surface area is 94.5 Å². The Kier molecular flexibility index (Phi) is 3.57. The Morgan fingerprint density at radius 3 is 2.88 bits per heavy atom. The molecule has 0 unspecified atom stereocenters. The second-order valence-electron chi connectivity index (χ2n) is 3.71. The number of nitrogens with one attached hydrogen (secondary N) is 2. The highest BCUT2D eigenvalue weighted by atomic mass is 32.2.